The number of benzene rings is 1. The Morgan fingerprint density at radius 1 is 1.26 bits per heavy atom. The number of hydrogen-bond donors (Lipinski definition) is 2. The van der Waals surface area contributed by atoms with Gasteiger partial charge in [-0.3, -0.25) is 10.6 Å². The maximum atomic E-state index is 8.36. The Morgan fingerprint density at radius 3 is 2.42 bits per heavy atom. The van der Waals surface area contributed by atoms with Crippen LogP contribution in [0.25, 0.3) is 0 Å². The molecule has 19 heavy (non-hydrogen) atoms. The van der Waals surface area contributed by atoms with Crippen molar-refractivity contribution in [3.05, 3.63) is 35.9 Å². The summed E-state index contributed by atoms with van der Waals surface area (Å²) in [7, 11) is 0. The number of nitrogens with two attached hydrogens (primary N) is 1. The summed E-state index contributed by atoms with van der Waals surface area (Å²) in [4.78, 5) is 8.36. The lowest BCUT2D eigenvalue weighted by Crippen LogP contribution is -2.38. The molecule has 0 atom stereocenters. The second-order valence-corrected chi connectivity index (χ2v) is 4.96. The number of aryl methyl sites for hydroxylation is 1. The molecular formula is C15H24N2O2. The Balaban J connectivity index is 0.000000550. The third kappa shape index (κ3) is 6.94. The van der Waals surface area contributed by atoms with Crippen LogP contribution in [0.3, 0.4) is 0 Å². The van der Waals surface area contributed by atoms with Gasteiger partial charge in [0, 0.05) is 13.1 Å². The fraction of sp³-hybridized carbons (Fsp3) is 0.533. The summed E-state index contributed by atoms with van der Waals surface area (Å²) in [6.45, 7) is 1.91. The minimum absolute atomic E-state index is 0.250. The van der Waals surface area contributed by atoms with Crippen molar-refractivity contribution in [1.29, 1.82) is 0 Å². The van der Waals surface area contributed by atoms with E-state index in [4.69, 9.17) is 15.7 Å². The number of nitrogens with zero attached hydrogens (tertiary/aromatic N) is 1. The van der Waals surface area contributed by atoms with Crippen molar-refractivity contribution >= 4 is 6.47 Å². The molecule has 0 unspecified atom stereocenters. The van der Waals surface area contributed by atoms with Crippen LogP contribution in [-0.4, -0.2) is 29.7 Å². The van der Waals surface area contributed by atoms with Crippen molar-refractivity contribution in [2.45, 2.75) is 32.1 Å². The average Bonchev–Trinajstić information content (AvgIpc) is 2.43. The van der Waals surface area contributed by atoms with Crippen molar-refractivity contribution in [2.75, 3.05) is 13.1 Å². The first kappa shape index (κ1) is 15.7. The summed E-state index contributed by atoms with van der Waals surface area (Å²) in [5.74, 6) is 6.66. The third-order valence-electron chi connectivity index (χ3n) is 3.57. The maximum Gasteiger partial charge on any atom is 0.290 e. The Bertz CT molecular complexity index is 335. The van der Waals surface area contributed by atoms with Crippen molar-refractivity contribution in [3.63, 3.8) is 0 Å². The van der Waals surface area contributed by atoms with E-state index in [2.05, 4.69) is 30.3 Å². The molecule has 1 saturated heterocycles. The molecule has 0 aromatic heterocycles. The maximum absolute atomic E-state index is 8.36. The third-order valence-corrected chi connectivity index (χ3v) is 3.57. The molecule has 4 heteroatoms. The van der Waals surface area contributed by atoms with E-state index in [0.29, 0.717) is 0 Å². The van der Waals surface area contributed by atoms with Crippen LogP contribution in [0.15, 0.2) is 30.3 Å². The van der Waals surface area contributed by atoms with Crippen LogP contribution in [0.4, 0.5) is 0 Å². The zero-order valence-corrected chi connectivity index (χ0v) is 11.4. The summed E-state index contributed by atoms with van der Waals surface area (Å²) in [6.07, 6.45) is 6.47. The lowest BCUT2D eigenvalue weighted by atomic mass is 9.91. The van der Waals surface area contributed by atoms with E-state index >= 15 is 0 Å². The molecular weight excluding hydrogens is 240 g/mol. The van der Waals surface area contributed by atoms with E-state index in [0.717, 1.165) is 19.0 Å². The predicted octanol–water partition coefficient (Wildman–Crippen LogP) is 2.30. The highest BCUT2D eigenvalue weighted by molar-refractivity contribution is 5.32. The first-order chi connectivity index (χ1) is 9.26. The number of hydrogen-bond acceptors (Lipinski definition) is 3. The van der Waals surface area contributed by atoms with Crippen LogP contribution in [-0.2, 0) is 11.2 Å². The van der Waals surface area contributed by atoms with Gasteiger partial charge in [-0.1, -0.05) is 36.8 Å². The van der Waals surface area contributed by atoms with Crippen molar-refractivity contribution < 1.29 is 9.90 Å². The molecule has 1 heterocycles. The summed E-state index contributed by atoms with van der Waals surface area (Å²) in [5.41, 5.74) is 1.47. The molecule has 1 aliphatic rings. The summed E-state index contributed by atoms with van der Waals surface area (Å²) in [6, 6.07) is 10.8. The first-order valence-electron chi connectivity index (χ1n) is 6.87. The Morgan fingerprint density at radius 2 is 1.84 bits per heavy atom. The summed E-state index contributed by atoms with van der Waals surface area (Å²) in [5, 5.41) is 8.84. The molecule has 0 amide bonds. The quantitative estimate of drug-likeness (QED) is 0.647. The largest absolute Gasteiger partial charge is 0.483 e. The molecule has 1 fully saturated rings. The minimum atomic E-state index is -0.250. The topological polar surface area (TPSA) is 66.6 Å². The fourth-order valence-corrected chi connectivity index (χ4v) is 2.48. The molecule has 0 spiro atoms. The van der Waals surface area contributed by atoms with Gasteiger partial charge in [0.2, 0.25) is 0 Å². The summed E-state index contributed by atoms with van der Waals surface area (Å²) >= 11 is 0. The van der Waals surface area contributed by atoms with Gasteiger partial charge in [0.15, 0.2) is 0 Å². The van der Waals surface area contributed by atoms with Crippen LogP contribution in [0, 0.1) is 5.92 Å². The van der Waals surface area contributed by atoms with E-state index in [1.54, 1.807) is 0 Å². The first-order valence-corrected chi connectivity index (χ1v) is 6.87. The number of rotatable bonds is 4. The van der Waals surface area contributed by atoms with Crippen LogP contribution < -0.4 is 5.84 Å². The van der Waals surface area contributed by atoms with Crippen molar-refractivity contribution in [2.24, 2.45) is 11.8 Å². The van der Waals surface area contributed by atoms with Gasteiger partial charge in [0.25, 0.3) is 6.47 Å². The lowest BCUT2D eigenvalue weighted by molar-refractivity contribution is -0.122. The predicted molar refractivity (Wildman–Crippen MR) is 76.6 cm³/mol. The van der Waals surface area contributed by atoms with E-state index in [1.165, 1.54) is 37.7 Å². The highest BCUT2D eigenvalue weighted by Crippen LogP contribution is 2.21. The van der Waals surface area contributed by atoms with Gasteiger partial charge in [0.1, 0.15) is 0 Å². The molecule has 2 rings (SSSR count). The Hall–Kier alpha value is -1.39. The van der Waals surface area contributed by atoms with Crippen molar-refractivity contribution in [1.82, 2.24) is 5.01 Å². The van der Waals surface area contributed by atoms with Crippen LogP contribution >= 0.6 is 0 Å². The number of carbonyl (C=O) groups is 1. The normalized spacial score (nSPS) is 16.5. The molecule has 3 N–H and O–H groups in total. The van der Waals surface area contributed by atoms with Gasteiger partial charge in [-0.2, -0.15) is 0 Å². The monoisotopic (exact) mass is 264 g/mol. The van der Waals surface area contributed by atoms with E-state index in [-0.39, 0.29) is 6.47 Å². The highest BCUT2D eigenvalue weighted by Gasteiger charge is 2.16. The van der Waals surface area contributed by atoms with Gasteiger partial charge in [-0.15, -0.1) is 0 Å². The average molecular weight is 264 g/mol. The second kappa shape index (κ2) is 9.53. The highest BCUT2D eigenvalue weighted by atomic mass is 16.3. The standard InChI is InChI=1S/C14H22N2.CH2O2/c15-16-11-9-14(10-12-16)8-4-7-13-5-2-1-3-6-13;2-1-3/h1-3,5-6,14H,4,7-12,15H2;1H,(H,2,3). The molecule has 1 aromatic rings. The molecule has 0 saturated carbocycles. The molecule has 1 aromatic carbocycles. The van der Waals surface area contributed by atoms with Gasteiger partial charge in [0.05, 0.1) is 0 Å². The minimum Gasteiger partial charge on any atom is -0.483 e. The lowest BCUT2D eigenvalue weighted by Gasteiger charge is -2.28. The van der Waals surface area contributed by atoms with E-state index in [1.807, 2.05) is 5.01 Å². The van der Waals surface area contributed by atoms with E-state index < -0.39 is 0 Å². The molecule has 106 valence electrons. The smallest absolute Gasteiger partial charge is 0.290 e. The Labute approximate surface area is 115 Å². The fourth-order valence-electron chi connectivity index (χ4n) is 2.48. The van der Waals surface area contributed by atoms with Crippen LogP contribution in [0.1, 0.15) is 31.2 Å². The Kier molecular flexibility index (Phi) is 7.86. The van der Waals surface area contributed by atoms with Gasteiger partial charge in [-0.05, 0) is 37.2 Å². The SMILES string of the molecule is NN1CCC(CCCc2ccccc2)CC1.O=CO. The molecule has 1 aliphatic heterocycles. The zero-order chi connectivity index (χ0) is 13.9. The number of carboxylic acid groups (broad SMARTS) is 1. The van der Waals surface area contributed by atoms with Gasteiger partial charge < -0.3 is 5.11 Å². The molecule has 4 nitrogen and oxygen atoms in total. The van der Waals surface area contributed by atoms with E-state index in [9.17, 15) is 0 Å². The van der Waals surface area contributed by atoms with Gasteiger partial charge in [-0.25, -0.2) is 5.01 Å². The van der Waals surface area contributed by atoms with Crippen LogP contribution in [0.2, 0.25) is 0 Å². The molecule has 0 aliphatic carbocycles. The number of hydrazine groups is 1. The molecule has 0 radical (unpaired) electrons. The summed E-state index contributed by atoms with van der Waals surface area (Å²) < 4.78 is 0. The second-order valence-electron chi connectivity index (χ2n) is 4.96. The number of piperidine rings is 1. The van der Waals surface area contributed by atoms with Crippen molar-refractivity contribution in [3.8, 4) is 0 Å². The molecule has 0 bridgehead atoms. The zero-order valence-electron chi connectivity index (χ0n) is 11.4. The van der Waals surface area contributed by atoms with Gasteiger partial charge >= 0.3 is 0 Å². The van der Waals surface area contributed by atoms with Crippen LogP contribution in [0.5, 0.6) is 0 Å².